The van der Waals surface area contributed by atoms with Gasteiger partial charge in [-0.2, -0.15) is 4.68 Å². The molecule has 0 saturated carbocycles. The van der Waals surface area contributed by atoms with Crippen LogP contribution in [0.15, 0.2) is 66.7 Å². The van der Waals surface area contributed by atoms with Crippen LogP contribution in [0.1, 0.15) is 10.4 Å². The minimum atomic E-state index is -0.337. The average Bonchev–Trinajstić information content (AvgIpc) is 3.06. The molecule has 0 aliphatic rings. The van der Waals surface area contributed by atoms with Gasteiger partial charge in [0.2, 0.25) is 0 Å². The van der Waals surface area contributed by atoms with Crippen LogP contribution in [0.3, 0.4) is 0 Å². The van der Waals surface area contributed by atoms with Crippen molar-refractivity contribution in [2.45, 2.75) is 0 Å². The average molecular weight is 350 g/mol. The van der Waals surface area contributed by atoms with Crippen LogP contribution in [-0.4, -0.2) is 25.9 Å². The van der Waals surface area contributed by atoms with Crippen LogP contribution in [0.5, 0.6) is 0 Å². The number of aromatic nitrogens is 4. The molecule has 0 aliphatic heterocycles. The minimum Gasteiger partial charge on any atom is -0.340 e. The van der Waals surface area contributed by atoms with Gasteiger partial charge in [-0.25, -0.2) is 4.98 Å². The highest BCUT2D eigenvalue weighted by atomic mass is 35.5. The van der Waals surface area contributed by atoms with E-state index in [1.165, 1.54) is 4.68 Å². The number of fused-ring (bicyclic) bond motifs is 1. The number of rotatable bonds is 3. The first-order valence-corrected chi connectivity index (χ1v) is 7.94. The number of pyridine rings is 1. The first-order valence-electron chi connectivity index (χ1n) is 7.56. The highest BCUT2D eigenvalue weighted by Crippen LogP contribution is 2.23. The van der Waals surface area contributed by atoms with E-state index in [1.807, 2.05) is 42.5 Å². The third-order valence-electron chi connectivity index (χ3n) is 3.67. The fourth-order valence-corrected chi connectivity index (χ4v) is 2.64. The van der Waals surface area contributed by atoms with Crippen molar-refractivity contribution in [1.82, 2.24) is 20.0 Å². The number of halogens is 1. The van der Waals surface area contributed by atoms with Crippen LogP contribution >= 0.6 is 11.6 Å². The molecule has 0 unspecified atom stereocenters. The third-order valence-corrected chi connectivity index (χ3v) is 3.88. The van der Waals surface area contributed by atoms with Crippen LogP contribution in [0, 0.1) is 0 Å². The quantitative estimate of drug-likeness (QED) is 0.568. The Hall–Kier alpha value is -3.25. The van der Waals surface area contributed by atoms with E-state index >= 15 is 0 Å². The summed E-state index contributed by atoms with van der Waals surface area (Å²) in [6.07, 6.45) is 0. The molecule has 0 fully saturated rings. The van der Waals surface area contributed by atoms with E-state index in [9.17, 15) is 4.79 Å². The summed E-state index contributed by atoms with van der Waals surface area (Å²) in [6.45, 7) is 0. The number of carbonyl (C=O) groups excluding carboxylic acids is 1. The van der Waals surface area contributed by atoms with Crippen LogP contribution in [0.4, 0.5) is 11.5 Å². The smallest absolute Gasteiger partial charge is 0.283 e. The van der Waals surface area contributed by atoms with E-state index in [-0.39, 0.29) is 5.91 Å². The number of carbonyl (C=O) groups is 1. The molecule has 0 spiro atoms. The van der Waals surface area contributed by atoms with Crippen molar-refractivity contribution in [3.05, 3.63) is 77.4 Å². The molecule has 0 atom stereocenters. The fourth-order valence-electron chi connectivity index (χ4n) is 2.49. The summed E-state index contributed by atoms with van der Waals surface area (Å²) < 4.78 is 1.26. The van der Waals surface area contributed by atoms with Crippen molar-refractivity contribution in [3.8, 4) is 0 Å². The summed E-state index contributed by atoms with van der Waals surface area (Å²) >= 11 is 6.01. The Bertz CT molecular complexity index is 1060. The number of anilines is 2. The molecule has 0 saturated heterocycles. The second-order valence-electron chi connectivity index (χ2n) is 5.32. The number of hydrogen-bond acceptors (Lipinski definition) is 5. The molecular formula is C18H12ClN5O. The van der Waals surface area contributed by atoms with Crippen molar-refractivity contribution < 1.29 is 4.79 Å². The Kier molecular flexibility index (Phi) is 3.87. The van der Waals surface area contributed by atoms with Gasteiger partial charge in [-0.3, -0.25) is 4.79 Å². The molecule has 2 aromatic carbocycles. The lowest BCUT2D eigenvalue weighted by Crippen LogP contribution is -2.16. The molecule has 0 bridgehead atoms. The monoisotopic (exact) mass is 349 g/mol. The van der Waals surface area contributed by atoms with E-state index < -0.39 is 0 Å². The first kappa shape index (κ1) is 15.3. The van der Waals surface area contributed by atoms with Crippen molar-refractivity contribution >= 4 is 40.0 Å². The van der Waals surface area contributed by atoms with Gasteiger partial charge in [0.15, 0.2) is 0 Å². The minimum absolute atomic E-state index is 0.290. The maximum absolute atomic E-state index is 13.0. The van der Waals surface area contributed by atoms with Crippen molar-refractivity contribution in [3.63, 3.8) is 0 Å². The van der Waals surface area contributed by atoms with E-state index in [1.54, 1.807) is 24.3 Å². The number of nitrogens with zero attached hydrogens (tertiary/aromatic N) is 4. The lowest BCUT2D eigenvalue weighted by atomic mass is 10.2. The normalized spacial score (nSPS) is 10.8. The molecule has 2 aromatic heterocycles. The molecule has 122 valence electrons. The van der Waals surface area contributed by atoms with Crippen LogP contribution in [-0.2, 0) is 0 Å². The number of hydrogen-bond donors (Lipinski definition) is 1. The zero-order valence-electron chi connectivity index (χ0n) is 12.9. The molecule has 4 aromatic rings. The van der Waals surface area contributed by atoms with Gasteiger partial charge in [-0.05, 0) is 36.4 Å². The van der Waals surface area contributed by atoms with E-state index in [0.717, 1.165) is 5.69 Å². The summed E-state index contributed by atoms with van der Waals surface area (Å²) in [4.78, 5) is 17.2. The van der Waals surface area contributed by atoms with E-state index in [2.05, 4.69) is 20.6 Å². The Morgan fingerprint density at radius 2 is 1.72 bits per heavy atom. The topological polar surface area (TPSA) is 72.7 Å². The largest absolute Gasteiger partial charge is 0.340 e. The lowest BCUT2D eigenvalue weighted by molar-refractivity contribution is 0.0948. The second-order valence-corrected chi connectivity index (χ2v) is 5.70. The third kappa shape index (κ3) is 2.95. The second kappa shape index (κ2) is 6.33. The summed E-state index contributed by atoms with van der Waals surface area (Å²) in [6, 6.07) is 19.9. The van der Waals surface area contributed by atoms with Crippen molar-refractivity contribution in [1.29, 1.82) is 0 Å². The molecule has 1 N–H and O–H groups in total. The summed E-state index contributed by atoms with van der Waals surface area (Å²) in [5, 5.41) is 11.4. The zero-order chi connectivity index (χ0) is 17.2. The number of benzene rings is 2. The molecule has 7 heteroatoms. The fraction of sp³-hybridized carbons (Fsp3) is 0. The molecular weight excluding hydrogens is 338 g/mol. The predicted octanol–water partition coefficient (Wildman–Crippen LogP) is 3.91. The summed E-state index contributed by atoms with van der Waals surface area (Å²) in [5.74, 6) is 0.0274. The molecule has 25 heavy (non-hydrogen) atoms. The predicted molar refractivity (Wildman–Crippen MR) is 96.2 cm³/mol. The van der Waals surface area contributed by atoms with Gasteiger partial charge in [0, 0.05) is 5.69 Å². The molecule has 0 aliphatic carbocycles. The first-order chi connectivity index (χ1) is 12.2. The standard InChI is InChI=1S/C18H12ClN5O/c19-16-11-10-13(17(21-16)20-12-6-2-1-3-7-12)18(25)24-15-9-5-4-8-14(15)22-23-24/h1-11H,(H,20,21). The van der Waals surface area contributed by atoms with E-state index in [0.29, 0.717) is 27.6 Å². The van der Waals surface area contributed by atoms with Gasteiger partial charge in [-0.1, -0.05) is 47.1 Å². The summed E-state index contributed by atoms with van der Waals surface area (Å²) in [5.41, 5.74) is 2.43. The zero-order valence-corrected chi connectivity index (χ0v) is 13.7. The maximum atomic E-state index is 13.0. The van der Waals surface area contributed by atoms with Crippen LogP contribution < -0.4 is 5.32 Å². The van der Waals surface area contributed by atoms with Gasteiger partial charge in [0.25, 0.3) is 5.91 Å². The van der Waals surface area contributed by atoms with Crippen molar-refractivity contribution in [2.24, 2.45) is 0 Å². The van der Waals surface area contributed by atoms with Gasteiger partial charge >= 0.3 is 0 Å². The van der Waals surface area contributed by atoms with Gasteiger partial charge in [0.1, 0.15) is 16.5 Å². The highest BCUT2D eigenvalue weighted by molar-refractivity contribution is 6.29. The Morgan fingerprint density at radius 1 is 0.960 bits per heavy atom. The SMILES string of the molecule is O=C(c1ccc(Cl)nc1Nc1ccccc1)n1nnc2ccccc21. The van der Waals surface area contributed by atoms with E-state index in [4.69, 9.17) is 11.6 Å². The molecule has 2 heterocycles. The van der Waals surface area contributed by atoms with Gasteiger partial charge in [0.05, 0.1) is 11.1 Å². The Balaban J connectivity index is 1.78. The summed E-state index contributed by atoms with van der Waals surface area (Å²) in [7, 11) is 0. The maximum Gasteiger partial charge on any atom is 0.283 e. The van der Waals surface area contributed by atoms with Crippen molar-refractivity contribution in [2.75, 3.05) is 5.32 Å². The molecule has 4 rings (SSSR count). The van der Waals surface area contributed by atoms with Gasteiger partial charge in [-0.15, -0.1) is 5.10 Å². The Morgan fingerprint density at radius 3 is 2.56 bits per heavy atom. The van der Waals surface area contributed by atoms with Crippen LogP contribution in [0.2, 0.25) is 5.15 Å². The number of nitrogens with one attached hydrogen (secondary N) is 1. The molecule has 6 nitrogen and oxygen atoms in total. The Labute approximate surface area is 148 Å². The molecule has 0 amide bonds. The highest BCUT2D eigenvalue weighted by Gasteiger charge is 2.19. The van der Waals surface area contributed by atoms with Crippen LogP contribution in [0.25, 0.3) is 11.0 Å². The van der Waals surface area contributed by atoms with Gasteiger partial charge < -0.3 is 5.32 Å². The molecule has 0 radical (unpaired) electrons. The lowest BCUT2D eigenvalue weighted by Gasteiger charge is -2.10. The number of para-hydroxylation sites is 2.